The first-order valence-electron chi connectivity index (χ1n) is 32.8. The number of hydrogen-bond donors (Lipinski definition) is 0. The zero-order chi connectivity index (χ0) is 54.3. The molecule has 0 aliphatic carbocycles. The van der Waals surface area contributed by atoms with Crippen molar-refractivity contribution in [1.29, 1.82) is 0 Å². The lowest BCUT2D eigenvalue weighted by molar-refractivity contribution is -0.167. The summed E-state index contributed by atoms with van der Waals surface area (Å²) in [5.74, 6) is -0.924. The van der Waals surface area contributed by atoms with E-state index in [1.54, 1.807) is 0 Å². The molecule has 0 bridgehead atoms. The summed E-state index contributed by atoms with van der Waals surface area (Å²) in [5, 5.41) is 0. The Bertz CT molecular complexity index is 1340. The van der Waals surface area contributed by atoms with Gasteiger partial charge in [-0.1, -0.05) is 300 Å². The lowest BCUT2D eigenvalue weighted by Crippen LogP contribution is -2.30. The van der Waals surface area contributed by atoms with E-state index in [2.05, 4.69) is 81.5 Å². The molecule has 0 aromatic heterocycles. The summed E-state index contributed by atoms with van der Waals surface area (Å²) >= 11 is 0. The Kier molecular flexibility index (Phi) is 61.2. The van der Waals surface area contributed by atoms with Gasteiger partial charge in [0.05, 0.1) is 0 Å². The fourth-order valence-corrected chi connectivity index (χ4v) is 9.61. The zero-order valence-corrected chi connectivity index (χ0v) is 50.1. The number of ether oxygens (including phenoxy) is 3. The number of carbonyl (C=O) groups is 3. The van der Waals surface area contributed by atoms with Gasteiger partial charge < -0.3 is 14.2 Å². The van der Waals surface area contributed by atoms with Gasteiger partial charge in [-0.3, -0.25) is 14.4 Å². The lowest BCUT2D eigenvalue weighted by Gasteiger charge is -2.18. The van der Waals surface area contributed by atoms with Gasteiger partial charge >= 0.3 is 17.9 Å². The normalized spacial score (nSPS) is 12.4. The second kappa shape index (κ2) is 63.6. The smallest absolute Gasteiger partial charge is 0.306 e. The highest BCUT2D eigenvalue weighted by Gasteiger charge is 2.19. The molecule has 0 aliphatic heterocycles. The molecule has 0 spiro atoms. The molecule has 0 saturated carbocycles. The molecular weight excluding hydrogens is 925 g/mol. The highest BCUT2D eigenvalue weighted by atomic mass is 16.6. The molecule has 0 amide bonds. The van der Waals surface area contributed by atoms with Crippen LogP contribution in [0, 0.1) is 0 Å². The molecule has 6 nitrogen and oxygen atoms in total. The van der Waals surface area contributed by atoms with Crippen molar-refractivity contribution in [1.82, 2.24) is 0 Å². The molecule has 1 atom stereocenters. The molecule has 1 unspecified atom stereocenters. The minimum Gasteiger partial charge on any atom is -0.462 e. The number of allylic oxidation sites excluding steroid dienone is 10. The summed E-state index contributed by atoms with van der Waals surface area (Å²) in [5.41, 5.74) is 0. The van der Waals surface area contributed by atoms with E-state index in [-0.39, 0.29) is 37.5 Å². The molecule has 0 aliphatic rings. The van der Waals surface area contributed by atoms with Gasteiger partial charge in [-0.15, -0.1) is 0 Å². The summed E-state index contributed by atoms with van der Waals surface area (Å²) in [4.78, 5) is 38.3. The maximum atomic E-state index is 12.9. The third-order valence-electron chi connectivity index (χ3n) is 14.5. The molecule has 75 heavy (non-hydrogen) atoms. The summed E-state index contributed by atoms with van der Waals surface area (Å²) in [6.45, 7) is 6.53. The van der Waals surface area contributed by atoms with E-state index in [0.717, 1.165) is 83.5 Å². The quantitative estimate of drug-likeness (QED) is 0.0261. The van der Waals surface area contributed by atoms with Crippen LogP contribution in [-0.4, -0.2) is 37.2 Å². The van der Waals surface area contributed by atoms with Crippen molar-refractivity contribution in [2.75, 3.05) is 13.2 Å². The number of unbranched alkanes of at least 4 members (excludes halogenated alkanes) is 39. The van der Waals surface area contributed by atoms with Gasteiger partial charge in [0.2, 0.25) is 0 Å². The van der Waals surface area contributed by atoms with Gasteiger partial charge in [-0.2, -0.15) is 0 Å². The molecule has 436 valence electrons. The second-order valence-corrected chi connectivity index (χ2v) is 22.0. The third kappa shape index (κ3) is 61.8. The van der Waals surface area contributed by atoms with Crippen LogP contribution in [0.3, 0.4) is 0 Å². The summed E-state index contributed by atoms with van der Waals surface area (Å²) in [7, 11) is 0. The highest BCUT2D eigenvalue weighted by molar-refractivity contribution is 5.71. The molecule has 0 aromatic rings. The van der Waals surface area contributed by atoms with Crippen LogP contribution in [0.5, 0.6) is 0 Å². The standard InChI is InChI=1S/C69H124O6/c1-4-7-10-13-16-19-22-25-28-29-30-31-32-33-34-35-36-37-38-39-42-44-47-50-53-56-59-62-68(71)74-65-66(75-69(72)63-60-57-54-51-48-45-41-27-24-21-18-15-12-9-6-3)64-73-67(70)61-58-55-52-49-46-43-40-26-23-20-17-14-11-8-5-2/h9,12,18,21,26-27,40-41,48,51,66H,4-8,10-11,13-17,19-20,22-25,28-39,42-47,49-50,52-65H2,1-3H3/b12-9-,21-18-,40-26-,41-27-,51-48-. The molecular formula is C69H124O6. The Balaban J connectivity index is 4.25. The van der Waals surface area contributed by atoms with Crippen molar-refractivity contribution >= 4 is 17.9 Å². The van der Waals surface area contributed by atoms with Gasteiger partial charge in [0.1, 0.15) is 13.2 Å². The average Bonchev–Trinajstić information content (AvgIpc) is 3.41. The predicted molar refractivity (Wildman–Crippen MR) is 325 cm³/mol. The summed E-state index contributed by atoms with van der Waals surface area (Å²) in [6.07, 6.45) is 81.1. The molecule has 0 rings (SSSR count). The molecule has 0 saturated heterocycles. The maximum Gasteiger partial charge on any atom is 0.306 e. The van der Waals surface area contributed by atoms with Crippen molar-refractivity contribution in [3.05, 3.63) is 60.8 Å². The number of carbonyl (C=O) groups excluding carboxylic acids is 3. The Morgan fingerprint density at radius 2 is 0.520 bits per heavy atom. The van der Waals surface area contributed by atoms with Crippen LogP contribution in [0.15, 0.2) is 60.8 Å². The van der Waals surface area contributed by atoms with E-state index in [0.29, 0.717) is 19.3 Å². The fraction of sp³-hybridized carbons (Fsp3) is 0.812. The van der Waals surface area contributed by atoms with Crippen molar-refractivity contribution < 1.29 is 28.6 Å². The van der Waals surface area contributed by atoms with Crippen LogP contribution in [0.1, 0.15) is 342 Å². The largest absolute Gasteiger partial charge is 0.462 e. The van der Waals surface area contributed by atoms with Crippen molar-refractivity contribution in [3.63, 3.8) is 0 Å². The van der Waals surface area contributed by atoms with Gasteiger partial charge in [0, 0.05) is 19.3 Å². The molecule has 0 N–H and O–H groups in total. The van der Waals surface area contributed by atoms with E-state index in [1.165, 1.54) is 212 Å². The van der Waals surface area contributed by atoms with E-state index in [1.807, 2.05) is 0 Å². The first-order valence-corrected chi connectivity index (χ1v) is 32.8. The number of rotatable bonds is 60. The zero-order valence-electron chi connectivity index (χ0n) is 50.1. The highest BCUT2D eigenvalue weighted by Crippen LogP contribution is 2.18. The average molecular weight is 1050 g/mol. The molecule has 6 heteroatoms. The van der Waals surface area contributed by atoms with Crippen molar-refractivity contribution in [2.45, 2.75) is 348 Å². The number of hydrogen-bond acceptors (Lipinski definition) is 6. The lowest BCUT2D eigenvalue weighted by atomic mass is 10.0. The summed E-state index contributed by atoms with van der Waals surface area (Å²) < 4.78 is 16.9. The monoisotopic (exact) mass is 1050 g/mol. The van der Waals surface area contributed by atoms with Crippen LogP contribution >= 0.6 is 0 Å². The maximum absolute atomic E-state index is 12.9. The number of esters is 3. The van der Waals surface area contributed by atoms with Crippen LogP contribution in [0.4, 0.5) is 0 Å². The third-order valence-corrected chi connectivity index (χ3v) is 14.5. The van der Waals surface area contributed by atoms with Crippen LogP contribution in [0.2, 0.25) is 0 Å². The van der Waals surface area contributed by atoms with Gasteiger partial charge in [0.25, 0.3) is 0 Å². The molecule has 0 aromatic carbocycles. The first kappa shape index (κ1) is 72.1. The Morgan fingerprint density at radius 3 is 0.853 bits per heavy atom. The van der Waals surface area contributed by atoms with Crippen LogP contribution in [0.25, 0.3) is 0 Å². The van der Waals surface area contributed by atoms with Crippen molar-refractivity contribution in [3.8, 4) is 0 Å². The molecule has 0 fully saturated rings. The Hall–Kier alpha value is -2.89. The minimum absolute atomic E-state index is 0.0906. The Morgan fingerprint density at radius 1 is 0.280 bits per heavy atom. The van der Waals surface area contributed by atoms with Crippen molar-refractivity contribution in [2.24, 2.45) is 0 Å². The Labute approximate surface area is 466 Å². The topological polar surface area (TPSA) is 78.9 Å². The van der Waals surface area contributed by atoms with Gasteiger partial charge in [0.15, 0.2) is 6.10 Å². The molecule has 0 radical (unpaired) electrons. The SMILES string of the molecule is CC/C=C\C/C=C\C/C=C\C/C=C\CCCCC(=O)OC(COC(=O)CCCCCCC/C=C\CCCCCCCC)COC(=O)CCCCCCCCCCCCCCCCCCCCCCCCCCCCC. The predicted octanol–water partition coefficient (Wildman–Crippen LogP) is 22.3. The van der Waals surface area contributed by atoms with Crippen LogP contribution < -0.4 is 0 Å². The van der Waals surface area contributed by atoms with Gasteiger partial charge in [-0.05, 0) is 83.5 Å². The van der Waals surface area contributed by atoms with Gasteiger partial charge in [-0.25, -0.2) is 0 Å². The van der Waals surface area contributed by atoms with E-state index in [9.17, 15) is 14.4 Å². The molecule has 0 heterocycles. The van der Waals surface area contributed by atoms with E-state index in [4.69, 9.17) is 14.2 Å². The summed E-state index contributed by atoms with van der Waals surface area (Å²) in [6, 6.07) is 0. The van der Waals surface area contributed by atoms with E-state index < -0.39 is 6.10 Å². The first-order chi connectivity index (χ1) is 37.0. The second-order valence-electron chi connectivity index (χ2n) is 22.0. The minimum atomic E-state index is -0.798. The van der Waals surface area contributed by atoms with E-state index >= 15 is 0 Å². The fourth-order valence-electron chi connectivity index (χ4n) is 9.61. The van der Waals surface area contributed by atoms with Crippen LogP contribution in [-0.2, 0) is 28.6 Å².